The summed E-state index contributed by atoms with van der Waals surface area (Å²) in [5.74, 6) is 6.36. The average Bonchev–Trinajstić information content (AvgIpc) is 2.93. The van der Waals surface area contributed by atoms with Crippen LogP contribution in [0.15, 0.2) is 53.9 Å². The summed E-state index contributed by atoms with van der Waals surface area (Å²) in [5.41, 5.74) is 7.26. The summed E-state index contributed by atoms with van der Waals surface area (Å²) in [4.78, 5) is 0. The maximum atomic E-state index is 5.89. The molecule has 0 spiro atoms. The Hall–Kier alpha value is -1.68. The molecule has 20 heavy (non-hydrogen) atoms. The fourth-order valence-corrected chi connectivity index (χ4v) is 4.23. The molecule has 0 radical (unpaired) electrons. The Bertz CT molecular complexity index is 762. The first-order valence-corrected chi connectivity index (χ1v) is 7.76. The van der Waals surface area contributed by atoms with Crippen LogP contribution in [0, 0.1) is 0 Å². The second-order valence-corrected chi connectivity index (χ2v) is 6.26. The minimum atomic E-state index is 0.187. The molecule has 0 fully saturated rings. The van der Waals surface area contributed by atoms with Crippen LogP contribution in [-0.4, -0.2) is 0 Å². The van der Waals surface area contributed by atoms with Crippen LogP contribution in [-0.2, 0) is 6.42 Å². The van der Waals surface area contributed by atoms with E-state index in [1.54, 1.807) is 11.3 Å². The third kappa shape index (κ3) is 1.71. The van der Waals surface area contributed by atoms with Gasteiger partial charge in [-0.15, -0.1) is 11.3 Å². The molecule has 0 bridgehead atoms. The molecule has 2 unspecified atom stereocenters. The van der Waals surface area contributed by atoms with E-state index in [9.17, 15) is 0 Å². The van der Waals surface area contributed by atoms with Crippen LogP contribution in [0.4, 0.5) is 0 Å². The summed E-state index contributed by atoms with van der Waals surface area (Å²) in [7, 11) is 0. The van der Waals surface area contributed by atoms with E-state index < -0.39 is 0 Å². The summed E-state index contributed by atoms with van der Waals surface area (Å²) in [6, 6.07) is 17.5. The van der Waals surface area contributed by atoms with Gasteiger partial charge in [0.2, 0.25) is 0 Å². The van der Waals surface area contributed by atoms with Crippen molar-refractivity contribution in [2.75, 3.05) is 0 Å². The van der Waals surface area contributed by atoms with Gasteiger partial charge in [-0.25, -0.2) is 0 Å². The molecule has 3 N–H and O–H groups in total. The highest BCUT2D eigenvalue weighted by Crippen LogP contribution is 2.45. The molecule has 0 amide bonds. The van der Waals surface area contributed by atoms with Gasteiger partial charge in [-0.3, -0.25) is 11.3 Å². The second kappa shape index (κ2) is 4.70. The van der Waals surface area contributed by atoms with Crippen molar-refractivity contribution in [2.45, 2.75) is 18.4 Å². The van der Waals surface area contributed by atoms with E-state index in [1.807, 2.05) is 0 Å². The molecule has 4 rings (SSSR count). The summed E-state index contributed by atoms with van der Waals surface area (Å²) < 4.78 is 1.35. The standard InChI is InChI=1S/C17H16N2S/c18-19-16(15-10-12-4-1-2-6-13(12)15)14-7-3-5-11-8-9-20-17(11)14/h1-9,15-16,19H,10,18H2. The van der Waals surface area contributed by atoms with Crippen molar-refractivity contribution in [2.24, 2.45) is 5.84 Å². The smallest absolute Gasteiger partial charge is 0.0545 e. The van der Waals surface area contributed by atoms with Gasteiger partial charge >= 0.3 is 0 Å². The Morgan fingerprint density at radius 1 is 1.10 bits per heavy atom. The van der Waals surface area contributed by atoms with Gasteiger partial charge in [-0.1, -0.05) is 42.5 Å². The zero-order valence-corrected chi connectivity index (χ0v) is 11.9. The molecule has 3 heteroatoms. The summed E-state index contributed by atoms with van der Waals surface area (Å²) in [6.45, 7) is 0. The lowest BCUT2D eigenvalue weighted by molar-refractivity contribution is 0.422. The molecule has 100 valence electrons. The largest absolute Gasteiger partial charge is 0.271 e. The van der Waals surface area contributed by atoms with Crippen LogP contribution in [0.25, 0.3) is 10.1 Å². The van der Waals surface area contributed by atoms with E-state index in [-0.39, 0.29) is 6.04 Å². The predicted molar refractivity (Wildman–Crippen MR) is 84.8 cm³/mol. The zero-order valence-electron chi connectivity index (χ0n) is 11.0. The average molecular weight is 280 g/mol. The lowest BCUT2D eigenvalue weighted by atomic mass is 9.72. The SMILES string of the molecule is NNC(c1cccc2ccsc12)C1Cc2ccccc21. The van der Waals surface area contributed by atoms with E-state index in [0.717, 1.165) is 6.42 Å². The van der Waals surface area contributed by atoms with Crippen LogP contribution >= 0.6 is 11.3 Å². The lowest BCUT2D eigenvalue weighted by Crippen LogP contribution is -2.37. The Morgan fingerprint density at radius 3 is 2.85 bits per heavy atom. The van der Waals surface area contributed by atoms with Gasteiger partial charge in [-0.05, 0) is 39.9 Å². The van der Waals surface area contributed by atoms with Crippen molar-refractivity contribution >= 4 is 21.4 Å². The first-order chi connectivity index (χ1) is 9.88. The van der Waals surface area contributed by atoms with Crippen LogP contribution in [0.5, 0.6) is 0 Å². The summed E-state index contributed by atoms with van der Waals surface area (Å²) in [5, 5.41) is 3.46. The van der Waals surface area contributed by atoms with Crippen molar-refractivity contribution in [3.8, 4) is 0 Å². The van der Waals surface area contributed by atoms with Gasteiger partial charge in [0.05, 0.1) is 6.04 Å². The maximum absolute atomic E-state index is 5.89. The molecule has 1 aliphatic carbocycles. The van der Waals surface area contributed by atoms with Gasteiger partial charge in [0.1, 0.15) is 0 Å². The van der Waals surface area contributed by atoms with Crippen molar-refractivity contribution < 1.29 is 0 Å². The van der Waals surface area contributed by atoms with Crippen molar-refractivity contribution in [1.29, 1.82) is 0 Å². The molecule has 2 atom stereocenters. The highest BCUT2D eigenvalue weighted by molar-refractivity contribution is 7.17. The minimum absolute atomic E-state index is 0.187. The van der Waals surface area contributed by atoms with E-state index in [4.69, 9.17) is 5.84 Å². The van der Waals surface area contributed by atoms with Gasteiger partial charge < -0.3 is 0 Å². The number of nitrogens with one attached hydrogen (secondary N) is 1. The number of hydrogen-bond donors (Lipinski definition) is 2. The van der Waals surface area contributed by atoms with E-state index in [1.165, 1.54) is 26.8 Å². The minimum Gasteiger partial charge on any atom is -0.271 e. The maximum Gasteiger partial charge on any atom is 0.0545 e. The van der Waals surface area contributed by atoms with E-state index >= 15 is 0 Å². The summed E-state index contributed by atoms with van der Waals surface area (Å²) >= 11 is 1.80. The Morgan fingerprint density at radius 2 is 2.00 bits per heavy atom. The van der Waals surface area contributed by atoms with Gasteiger partial charge in [0.25, 0.3) is 0 Å². The number of hydrogen-bond acceptors (Lipinski definition) is 3. The molecule has 0 saturated heterocycles. The number of hydrazine groups is 1. The topological polar surface area (TPSA) is 38.0 Å². The van der Waals surface area contributed by atoms with Crippen LogP contribution in [0.1, 0.15) is 28.7 Å². The lowest BCUT2D eigenvalue weighted by Gasteiger charge is -2.36. The third-order valence-corrected chi connectivity index (χ3v) is 5.30. The molecular formula is C17H16N2S. The molecule has 1 aliphatic rings. The number of nitrogens with two attached hydrogens (primary N) is 1. The molecule has 0 saturated carbocycles. The van der Waals surface area contributed by atoms with Crippen molar-refractivity contribution in [1.82, 2.24) is 5.43 Å². The molecule has 2 aromatic carbocycles. The molecule has 0 aliphatic heterocycles. The fraction of sp³-hybridized carbons (Fsp3) is 0.176. The first-order valence-electron chi connectivity index (χ1n) is 6.88. The number of fused-ring (bicyclic) bond motifs is 2. The molecular weight excluding hydrogens is 264 g/mol. The third-order valence-electron chi connectivity index (χ3n) is 4.32. The molecule has 2 nitrogen and oxygen atoms in total. The van der Waals surface area contributed by atoms with Crippen LogP contribution in [0.3, 0.4) is 0 Å². The monoisotopic (exact) mass is 280 g/mol. The number of rotatable bonds is 3. The molecule has 1 aromatic heterocycles. The molecule has 3 aromatic rings. The highest BCUT2D eigenvalue weighted by atomic mass is 32.1. The van der Waals surface area contributed by atoms with Gasteiger partial charge in [0.15, 0.2) is 0 Å². The Balaban J connectivity index is 1.79. The van der Waals surface area contributed by atoms with Crippen LogP contribution in [0.2, 0.25) is 0 Å². The normalized spacial score (nSPS) is 18.6. The zero-order chi connectivity index (χ0) is 13.5. The van der Waals surface area contributed by atoms with Crippen LogP contribution < -0.4 is 11.3 Å². The first kappa shape index (κ1) is 12.1. The van der Waals surface area contributed by atoms with E-state index in [0.29, 0.717) is 5.92 Å². The molecule has 1 heterocycles. The Kier molecular flexibility index (Phi) is 2.84. The van der Waals surface area contributed by atoms with Crippen molar-refractivity contribution in [3.63, 3.8) is 0 Å². The number of benzene rings is 2. The number of thiophene rings is 1. The predicted octanol–water partition coefficient (Wildman–Crippen LogP) is 3.75. The summed E-state index contributed by atoms with van der Waals surface area (Å²) in [6.07, 6.45) is 1.10. The quantitative estimate of drug-likeness (QED) is 0.566. The second-order valence-electron chi connectivity index (χ2n) is 5.34. The van der Waals surface area contributed by atoms with Crippen molar-refractivity contribution in [3.05, 3.63) is 70.6 Å². The van der Waals surface area contributed by atoms with E-state index in [2.05, 4.69) is 59.3 Å². The Labute approximate surface area is 122 Å². The van der Waals surface area contributed by atoms with Gasteiger partial charge in [-0.2, -0.15) is 0 Å². The highest BCUT2D eigenvalue weighted by Gasteiger charge is 2.33. The van der Waals surface area contributed by atoms with Gasteiger partial charge in [0, 0.05) is 10.6 Å². The fourth-order valence-electron chi connectivity index (χ4n) is 3.28.